The van der Waals surface area contributed by atoms with Crippen LogP contribution in [0.4, 0.5) is 5.82 Å². The number of hydrogen-bond acceptors (Lipinski definition) is 5. The molecule has 1 atom stereocenters. The van der Waals surface area contributed by atoms with Crippen LogP contribution >= 0.6 is 11.3 Å². The number of amides is 1. The fourth-order valence-electron chi connectivity index (χ4n) is 2.67. The summed E-state index contributed by atoms with van der Waals surface area (Å²) in [7, 11) is 1.82. The van der Waals surface area contributed by atoms with E-state index in [1.165, 1.54) is 0 Å². The fourth-order valence-corrected chi connectivity index (χ4v) is 3.49. The zero-order valence-corrected chi connectivity index (χ0v) is 13.0. The van der Waals surface area contributed by atoms with E-state index in [2.05, 4.69) is 15.3 Å². The fraction of sp³-hybridized carbons (Fsp3) is 0.400. The van der Waals surface area contributed by atoms with Gasteiger partial charge in [0.1, 0.15) is 5.82 Å². The van der Waals surface area contributed by atoms with E-state index in [1.54, 1.807) is 23.7 Å². The Morgan fingerprint density at radius 3 is 3.00 bits per heavy atom. The SMILES string of the molecule is CNc1cncc([C@H]2CCCN2C(=O)c2ccc(C)s2)n1. The lowest BCUT2D eigenvalue weighted by molar-refractivity contribution is 0.0737. The Labute approximate surface area is 128 Å². The molecule has 0 aliphatic carbocycles. The van der Waals surface area contributed by atoms with Crippen LogP contribution in [0.25, 0.3) is 0 Å². The van der Waals surface area contributed by atoms with Crippen molar-refractivity contribution in [2.24, 2.45) is 0 Å². The lowest BCUT2D eigenvalue weighted by atomic mass is 10.1. The van der Waals surface area contributed by atoms with Crippen LogP contribution in [0, 0.1) is 6.92 Å². The van der Waals surface area contributed by atoms with Crippen molar-refractivity contribution in [1.29, 1.82) is 0 Å². The number of nitrogens with one attached hydrogen (secondary N) is 1. The molecule has 1 saturated heterocycles. The van der Waals surface area contributed by atoms with Crippen molar-refractivity contribution in [3.8, 4) is 0 Å². The third-order valence-corrected chi connectivity index (χ3v) is 4.70. The van der Waals surface area contributed by atoms with Gasteiger partial charge in [-0.3, -0.25) is 9.78 Å². The van der Waals surface area contributed by atoms with Gasteiger partial charge in [0.2, 0.25) is 0 Å². The van der Waals surface area contributed by atoms with Gasteiger partial charge in [0.25, 0.3) is 5.91 Å². The molecule has 6 heteroatoms. The average Bonchev–Trinajstić information content (AvgIpc) is 3.15. The van der Waals surface area contributed by atoms with Crippen molar-refractivity contribution >= 4 is 23.1 Å². The molecule has 5 nitrogen and oxygen atoms in total. The predicted molar refractivity (Wildman–Crippen MR) is 83.6 cm³/mol. The van der Waals surface area contributed by atoms with Crippen molar-refractivity contribution in [2.45, 2.75) is 25.8 Å². The van der Waals surface area contributed by atoms with Gasteiger partial charge < -0.3 is 10.2 Å². The van der Waals surface area contributed by atoms with Crippen molar-refractivity contribution < 1.29 is 4.79 Å². The summed E-state index contributed by atoms with van der Waals surface area (Å²) in [5, 5.41) is 2.99. The Morgan fingerprint density at radius 2 is 2.29 bits per heavy atom. The molecule has 0 spiro atoms. The Kier molecular flexibility index (Phi) is 3.88. The van der Waals surface area contributed by atoms with Gasteiger partial charge in [-0.2, -0.15) is 0 Å². The smallest absolute Gasteiger partial charge is 0.264 e. The molecule has 1 aliphatic heterocycles. The number of aromatic nitrogens is 2. The van der Waals surface area contributed by atoms with Gasteiger partial charge in [0.05, 0.1) is 29.0 Å². The van der Waals surface area contributed by atoms with E-state index in [0.29, 0.717) is 0 Å². The lowest BCUT2D eigenvalue weighted by Crippen LogP contribution is -2.30. The molecule has 110 valence electrons. The van der Waals surface area contributed by atoms with E-state index in [4.69, 9.17) is 0 Å². The van der Waals surface area contributed by atoms with Gasteiger partial charge >= 0.3 is 0 Å². The van der Waals surface area contributed by atoms with Crippen molar-refractivity contribution in [2.75, 3.05) is 18.9 Å². The van der Waals surface area contributed by atoms with E-state index in [9.17, 15) is 4.79 Å². The number of aryl methyl sites for hydroxylation is 1. The van der Waals surface area contributed by atoms with Gasteiger partial charge in [-0.05, 0) is 31.9 Å². The molecule has 1 aliphatic rings. The first-order chi connectivity index (χ1) is 10.2. The van der Waals surface area contributed by atoms with E-state index in [0.717, 1.165) is 40.7 Å². The summed E-state index contributed by atoms with van der Waals surface area (Å²) in [6.07, 6.45) is 5.40. The molecule has 0 saturated carbocycles. The van der Waals surface area contributed by atoms with E-state index >= 15 is 0 Å². The van der Waals surface area contributed by atoms with Crippen molar-refractivity contribution in [3.05, 3.63) is 40.0 Å². The quantitative estimate of drug-likeness (QED) is 0.947. The molecule has 3 heterocycles. The highest BCUT2D eigenvalue weighted by molar-refractivity contribution is 7.13. The van der Waals surface area contributed by atoms with Gasteiger partial charge in [0, 0.05) is 18.5 Å². The number of carbonyl (C=O) groups is 1. The maximum atomic E-state index is 12.7. The Bertz CT molecular complexity index is 655. The lowest BCUT2D eigenvalue weighted by Gasteiger charge is -2.23. The molecular weight excluding hydrogens is 284 g/mol. The summed E-state index contributed by atoms with van der Waals surface area (Å²) < 4.78 is 0. The van der Waals surface area contributed by atoms with Crippen LogP contribution in [-0.4, -0.2) is 34.4 Å². The zero-order valence-electron chi connectivity index (χ0n) is 12.2. The summed E-state index contributed by atoms with van der Waals surface area (Å²) in [6.45, 7) is 2.80. The Morgan fingerprint density at radius 1 is 1.43 bits per heavy atom. The highest BCUT2D eigenvalue weighted by Gasteiger charge is 2.32. The van der Waals surface area contributed by atoms with Crippen molar-refractivity contribution in [3.63, 3.8) is 0 Å². The molecule has 0 bridgehead atoms. The molecule has 2 aromatic heterocycles. The minimum absolute atomic E-state index is 0.0284. The minimum atomic E-state index is 0.0284. The molecule has 0 aromatic carbocycles. The first kappa shape index (κ1) is 14.0. The Hall–Kier alpha value is -1.95. The number of thiophene rings is 1. The van der Waals surface area contributed by atoms with Crippen LogP contribution in [-0.2, 0) is 0 Å². The molecule has 2 aromatic rings. The van der Waals surface area contributed by atoms with Gasteiger partial charge in [-0.15, -0.1) is 11.3 Å². The third kappa shape index (κ3) is 2.76. The number of likely N-dealkylation sites (tertiary alicyclic amines) is 1. The second-order valence-electron chi connectivity index (χ2n) is 5.15. The number of hydrogen-bond donors (Lipinski definition) is 1. The number of anilines is 1. The summed E-state index contributed by atoms with van der Waals surface area (Å²) in [5.74, 6) is 0.839. The summed E-state index contributed by atoms with van der Waals surface area (Å²) in [5.41, 5.74) is 0.862. The van der Waals surface area contributed by atoms with Crippen LogP contribution in [0.2, 0.25) is 0 Å². The summed E-state index contributed by atoms with van der Waals surface area (Å²) in [4.78, 5) is 25.3. The minimum Gasteiger partial charge on any atom is -0.372 e. The topological polar surface area (TPSA) is 58.1 Å². The zero-order chi connectivity index (χ0) is 14.8. The van der Waals surface area contributed by atoms with Crippen LogP contribution < -0.4 is 5.32 Å². The van der Waals surface area contributed by atoms with Gasteiger partial charge in [-0.25, -0.2) is 4.98 Å². The third-order valence-electron chi connectivity index (χ3n) is 3.72. The molecular formula is C15H18N4OS. The average molecular weight is 302 g/mol. The maximum absolute atomic E-state index is 12.7. The molecule has 3 rings (SSSR count). The normalized spacial score (nSPS) is 18.0. The number of rotatable bonds is 3. The molecule has 1 fully saturated rings. The highest BCUT2D eigenvalue weighted by Crippen LogP contribution is 2.33. The first-order valence-corrected chi connectivity index (χ1v) is 7.88. The number of carbonyl (C=O) groups excluding carboxylic acids is 1. The van der Waals surface area contributed by atoms with Crippen LogP contribution in [0.5, 0.6) is 0 Å². The van der Waals surface area contributed by atoms with E-state index in [-0.39, 0.29) is 11.9 Å². The van der Waals surface area contributed by atoms with E-state index in [1.807, 2.05) is 31.0 Å². The van der Waals surface area contributed by atoms with Crippen LogP contribution in [0.15, 0.2) is 24.5 Å². The second-order valence-corrected chi connectivity index (χ2v) is 6.43. The standard InChI is InChI=1S/C15H18N4OS/c1-10-5-6-13(21-10)15(20)19-7-3-4-12(19)11-8-17-9-14(16-2)18-11/h5-6,8-9,12H,3-4,7H2,1-2H3,(H,16,18)/t12-/m1/s1. The summed E-state index contributed by atoms with van der Waals surface area (Å²) in [6, 6.07) is 3.93. The highest BCUT2D eigenvalue weighted by atomic mass is 32.1. The molecule has 0 radical (unpaired) electrons. The van der Waals surface area contributed by atoms with Gasteiger partial charge in [-0.1, -0.05) is 0 Å². The van der Waals surface area contributed by atoms with Gasteiger partial charge in [0.15, 0.2) is 0 Å². The largest absolute Gasteiger partial charge is 0.372 e. The van der Waals surface area contributed by atoms with Crippen molar-refractivity contribution in [1.82, 2.24) is 14.9 Å². The molecule has 21 heavy (non-hydrogen) atoms. The number of nitrogens with zero attached hydrogens (tertiary/aromatic N) is 3. The maximum Gasteiger partial charge on any atom is 0.264 e. The monoisotopic (exact) mass is 302 g/mol. The van der Waals surface area contributed by atoms with E-state index < -0.39 is 0 Å². The predicted octanol–water partition coefficient (Wildman–Crippen LogP) is 2.87. The van der Waals surface area contributed by atoms with Crippen LogP contribution in [0.3, 0.4) is 0 Å². The Balaban J connectivity index is 1.86. The van der Waals surface area contributed by atoms with Crippen LogP contribution in [0.1, 0.15) is 39.1 Å². The second kappa shape index (κ2) is 5.81. The summed E-state index contributed by atoms with van der Waals surface area (Å²) >= 11 is 1.55. The molecule has 1 amide bonds. The molecule has 0 unspecified atom stereocenters. The molecule has 1 N–H and O–H groups in total. The first-order valence-electron chi connectivity index (χ1n) is 7.06.